The standard InChI is InChI=1S/C64H114O6/c1-4-7-10-13-16-19-22-25-27-29-30-31-32-33-34-36-37-39-42-45-48-51-54-57-63(66)69-60-61(59-68-62(65)56-53-50-47-44-41-24-21-18-15-12-9-6-3)70-64(67)58-55-52-49-46-43-40-38-35-28-26-23-20-17-14-11-8-5-2/h8,11,17-18,20-21,26,28-30,61H,4-7,9-10,12-16,19,22-25,27,31-60H2,1-3H3/b11-8-,20-17-,21-18-,28-26-,30-29-. The number of ether oxygens (including phenoxy) is 3. The summed E-state index contributed by atoms with van der Waals surface area (Å²) in [6.07, 6.45) is 73.6. The van der Waals surface area contributed by atoms with Crippen LogP contribution in [0.2, 0.25) is 0 Å². The first-order valence-electron chi connectivity index (χ1n) is 30.3. The van der Waals surface area contributed by atoms with E-state index in [0.717, 1.165) is 89.9 Å². The fourth-order valence-electron chi connectivity index (χ4n) is 8.68. The van der Waals surface area contributed by atoms with Crippen LogP contribution in [0.15, 0.2) is 60.8 Å². The molecule has 0 aliphatic carbocycles. The van der Waals surface area contributed by atoms with Crippen molar-refractivity contribution in [2.24, 2.45) is 0 Å². The summed E-state index contributed by atoms with van der Waals surface area (Å²) in [7, 11) is 0. The zero-order valence-corrected chi connectivity index (χ0v) is 46.5. The molecule has 6 nitrogen and oxygen atoms in total. The SMILES string of the molecule is CC/C=C\C/C=C\C/C=C\CCCCCCCCCC(=O)OC(COC(=O)CCCCCCC/C=C\CCCCC)COC(=O)CCCCCCCCCCCCC/C=C\CCCCCCCCCC. The Bertz CT molecular complexity index is 1260. The first kappa shape index (κ1) is 67.1. The summed E-state index contributed by atoms with van der Waals surface area (Å²) in [5.74, 6) is -0.888. The largest absolute Gasteiger partial charge is 0.462 e. The predicted molar refractivity (Wildman–Crippen MR) is 302 cm³/mol. The van der Waals surface area contributed by atoms with Gasteiger partial charge in [-0.3, -0.25) is 14.4 Å². The van der Waals surface area contributed by atoms with Crippen LogP contribution in [-0.2, 0) is 28.6 Å². The van der Waals surface area contributed by atoms with Crippen LogP contribution in [0.5, 0.6) is 0 Å². The molecule has 70 heavy (non-hydrogen) atoms. The molecule has 0 rings (SSSR count). The molecule has 0 aromatic heterocycles. The van der Waals surface area contributed by atoms with Crippen molar-refractivity contribution in [3.05, 3.63) is 60.8 Å². The summed E-state index contributed by atoms with van der Waals surface area (Å²) in [5, 5.41) is 0. The Balaban J connectivity index is 4.29. The van der Waals surface area contributed by atoms with E-state index < -0.39 is 6.10 Å². The van der Waals surface area contributed by atoms with Crippen LogP contribution in [0.4, 0.5) is 0 Å². The molecular weight excluding hydrogens is 865 g/mol. The van der Waals surface area contributed by atoms with E-state index in [4.69, 9.17) is 14.2 Å². The molecule has 0 aromatic carbocycles. The molecule has 406 valence electrons. The molecule has 0 saturated carbocycles. The lowest BCUT2D eigenvalue weighted by molar-refractivity contribution is -0.167. The molecule has 0 heterocycles. The maximum atomic E-state index is 12.9. The second-order valence-electron chi connectivity index (χ2n) is 20.2. The van der Waals surface area contributed by atoms with Crippen molar-refractivity contribution in [2.75, 3.05) is 13.2 Å². The fraction of sp³-hybridized carbons (Fsp3) is 0.797. The van der Waals surface area contributed by atoms with Crippen molar-refractivity contribution in [3.63, 3.8) is 0 Å². The molecule has 0 radical (unpaired) electrons. The van der Waals surface area contributed by atoms with Crippen LogP contribution in [0.25, 0.3) is 0 Å². The Morgan fingerprint density at radius 2 is 0.557 bits per heavy atom. The number of hydrogen-bond donors (Lipinski definition) is 0. The van der Waals surface area contributed by atoms with Gasteiger partial charge in [0.1, 0.15) is 13.2 Å². The summed E-state index contributed by atoms with van der Waals surface area (Å²) >= 11 is 0. The highest BCUT2D eigenvalue weighted by molar-refractivity contribution is 5.71. The topological polar surface area (TPSA) is 78.9 Å². The molecular formula is C64H114O6. The van der Waals surface area contributed by atoms with E-state index in [2.05, 4.69) is 81.5 Å². The van der Waals surface area contributed by atoms with Gasteiger partial charge in [0, 0.05) is 19.3 Å². The minimum absolute atomic E-state index is 0.0799. The lowest BCUT2D eigenvalue weighted by Gasteiger charge is -2.18. The molecule has 1 atom stereocenters. The van der Waals surface area contributed by atoms with E-state index in [1.165, 1.54) is 180 Å². The average Bonchev–Trinajstić information content (AvgIpc) is 3.36. The van der Waals surface area contributed by atoms with Crippen molar-refractivity contribution >= 4 is 17.9 Å². The van der Waals surface area contributed by atoms with Crippen molar-refractivity contribution in [2.45, 2.75) is 316 Å². The Labute approximate surface area is 434 Å². The third kappa shape index (κ3) is 56.0. The maximum absolute atomic E-state index is 12.9. The second-order valence-corrected chi connectivity index (χ2v) is 20.2. The van der Waals surface area contributed by atoms with Crippen LogP contribution in [-0.4, -0.2) is 37.2 Å². The Hall–Kier alpha value is -2.89. The van der Waals surface area contributed by atoms with Gasteiger partial charge in [0.25, 0.3) is 0 Å². The van der Waals surface area contributed by atoms with Gasteiger partial charge in [-0.05, 0) is 103 Å². The van der Waals surface area contributed by atoms with Crippen LogP contribution in [0, 0.1) is 0 Å². The summed E-state index contributed by atoms with van der Waals surface area (Å²) in [5.41, 5.74) is 0. The monoisotopic (exact) mass is 979 g/mol. The Morgan fingerprint density at radius 1 is 0.300 bits per heavy atom. The van der Waals surface area contributed by atoms with E-state index in [-0.39, 0.29) is 31.1 Å². The minimum Gasteiger partial charge on any atom is -0.462 e. The first-order chi connectivity index (χ1) is 34.5. The normalized spacial score (nSPS) is 12.4. The van der Waals surface area contributed by atoms with Crippen molar-refractivity contribution in [1.29, 1.82) is 0 Å². The molecule has 0 aliphatic rings. The molecule has 0 saturated heterocycles. The predicted octanol–water partition coefficient (Wildman–Crippen LogP) is 20.4. The number of unbranched alkanes of at least 4 members (excludes halogenated alkanes) is 34. The zero-order chi connectivity index (χ0) is 50.7. The third-order valence-corrected chi connectivity index (χ3v) is 13.2. The summed E-state index contributed by atoms with van der Waals surface area (Å²) in [6, 6.07) is 0. The van der Waals surface area contributed by atoms with Gasteiger partial charge in [0.15, 0.2) is 6.10 Å². The molecule has 0 aromatic rings. The smallest absolute Gasteiger partial charge is 0.306 e. The minimum atomic E-state index is -0.783. The molecule has 6 heteroatoms. The van der Waals surface area contributed by atoms with Gasteiger partial charge in [-0.15, -0.1) is 0 Å². The number of carbonyl (C=O) groups is 3. The number of allylic oxidation sites excluding steroid dienone is 10. The van der Waals surface area contributed by atoms with Crippen molar-refractivity contribution in [1.82, 2.24) is 0 Å². The van der Waals surface area contributed by atoms with E-state index in [1.807, 2.05) is 0 Å². The van der Waals surface area contributed by atoms with Gasteiger partial charge >= 0.3 is 17.9 Å². The Morgan fingerprint density at radius 3 is 0.914 bits per heavy atom. The van der Waals surface area contributed by atoms with Crippen LogP contribution in [0.1, 0.15) is 310 Å². The maximum Gasteiger partial charge on any atom is 0.306 e. The molecule has 1 unspecified atom stereocenters. The average molecular weight is 980 g/mol. The van der Waals surface area contributed by atoms with Gasteiger partial charge in [-0.25, -0.2) is 0 Å². The fourth-order valence-corrected chi connectivity index (χ4v) is 8.68. The van der Waals surface area contributed by atoms with Crippen LogP contribution < -0.4 is 0 Å². The summed E-state index contributed by atoms with van der Waals surface area (Å²) < 4.78 is 16.9. The molecule has 0 fully saturated rings. The molecule has 0 amide bonds. The van der Waals surface area contributed by atoms with Gasteiger partial charge in [-0.2, -0.15) is 0 Å². The summed E-state index contributed by atoms with van der Waals surface area (Å²) in [4.78, 5) is 38.2. The van der Waals surface area contributed by atoms with Crippen LogP contribution in [0.3, 0.4) is 0 Å². The van der Waals surface area contributed by atoms with E-state index in [9.17, 15) is 14.4 Å². The third-order valence-electron chi connectivity index (χ3n) is 13.2. The quantitative estimate of drug-likeness (QED) is 0.0261. The highest BCUT2D eigenvalue weighted by Gasteiger charge is 2.19. The number of rotatable bonds is 55. The van der Waals surface area contributed by atoms with Gasteiger partial charge in [-0.1, -0.05) is 248 Å². The zero-order valence-electron chi connectivity index (χ0n) is 46.5. The molecule has 0 spiro atoms. The first-order valence-corrected chi connectivity index (χ1v) is 30.3. The Kier molecular flexibility index (Phi) is 56.3. The van der Waals surface area contributed by atoms with Crippen molar-refractivity contribution < 1.29 is 28.6 Å². The second kappa shape index (κ2) is 58.7. The lowest BCUT2D eigenvalue weighted by atomic mass is 10.0. The van der Waals surface area contributed by atoms with Gasteiger partial charge < -0.3 is 14.2 Å². The van der Waals surface area contributed by atoms with E-state index in [1.54, 1.807) is 0 Å². The van der Waals surface area contributed by atoms with E-state index >= 15 is 0 Å². The highest BCUT2D eigenvalue weighted by atomic mass is 16.6. The molecule has 0 bridgehead atoms. The number of esters is 3. The molecule has 0 N–H and O–H groups in total. The lowest BCUT2D eigenvalue weighted by Crippen LogP contribution is -2.30. The van der Waals surface area contributed by atoms with Crippen molar-refractivity contribution in [3.8, 4) is 0 Å². The number of hydrogen-bond acceptors (Lipinski definition) is 6. The van der Waals surface area contributed by atoms with Crippen LogP contribution >= 0.6 is 0 Å². The highest BCUT2D eigenvalue weighted by Crippen LogP contribution is 2.16. The molecule has 0 aliphatic heterocycles. The number of carbonyl (C=O) groups excluding carboxylic acids is 3. The van der Waals surface area contributed by atoms with E-state index in [0.29, 0.717) is 19.3 Å². The summed E-state index contributed by atoms with van der Waals surface area (Å²) in [6.45, 7) is 6.52. The van der Waals surface area contributed by atoms with Gasteiger partial charge in [0.2, 0.25) is 0 Å². The van der Waals surface area contributed by atoms with Gasteiger partial charge in [0.05, 0.1) is 0 Å².